The van der Waals surface area contributed by atoms with E-state index in [4.69, 9.17) is 0 Å². The van der Waals surface area contributed by atoms with Crippen LogP contribution in [0, 0.1) is 34.5 Å². The second-order valence-electron chi connectivity index (χ2n) is 8.96. The molecular formula is C19H28O3. The van der Waals surface area contributed by atoms with Gasteiger partial charge in [-0.25, -0.2) is 0 Å². The van der Waals surface area contributed by atoms with Gasteiger partial charge in [0.1, 0.15) is 11.6 Å². The van der Waals surface area contributed by atoms with Crippen molar-refractivity contribution in [3.63, 3.8) is 0 Å². The molecule has 4 aliphatic rings. The summed E-state index contributed by atoms with van der Waals surface area (Å²) in [5.74, 6) is 1.99. The highest BCUT2D eigenvalue weighted by Gasteiger charge is 2.62. The fraction of sp³-hybridized carbons (Fsp3) is 0.895. The van der Waals surface area contributed by atoms with Crippen LogP contribution >= 0.6 is 0 Å². The van der Waals surface area contributed by atoms with Crippen molar-refractivity contribution >= 4 is 11.6 Å². The Balaban J connectivity index is 1.70. The summed E-state index contributed by atoms with van der Waals surface area (Å²) in [7, 11) is 0. The molecule has 22 heavy (non-hydrogen) atoms. The Morgan fingerprint density at radius 1 is 1.05 bits per heavy atom. The fourth-order valence-electron chi connectivity index (χ4n) is 6.68. The van der Waals surface area contributed by atoms with E-state index in [9.17, 15) is 14.7 Å². The molecule has 0 aromatic carbocycles. The summed E-state index contributed by atoms with van der Waals surface area (Å²) in [5, 5.41) is 10.0. The molecule has 0 aromatic rings. The number of hydrogen-bond donors (Lipinski definition) is 1. The van der Waals surface area contributed by atoms with Gasteiger partial charge in [0, 0.05) is 24.2 Å². The van der Waals surface area contributed by atoms with Crippen molar-refractivity contribution in [2.45, 2.75) is 71.3 Å². The maximum atomic E-state index is 12.9. The van der Waals surface area contributed by atoms with Crippen LogP contribution in [0.2, 0.25) is 0 Å². The minimum absolute atomic E-state index is 0.113. The van der Waals surface area contributed by atoms with Gasteiger partial charge >= 0.3 is 0 Å². The zero-order valence-corrected chi connectivity index (χ0v) is 13.8. The van der Waals surface area contributed by atoms with Crippen LogP contribution in [0.15, 0.2) is 0 Å². The van der Waals surface area contributed by atoms with Crippen molar-refractivity contribution in [2.24, 2.45) is 34.5 Å². The molecule has 0 aromatic heterocycles. The molecule has 1 N–H and O–H groups in total. The second-order valence-corrected chi connectivity index (χ2v) is 8.96. The van der Waals surface area contributed by atoms with Crippen molar-refractivity contribution in [3.05, 3.63) is 0 Å². The summed E-state index contributed by atoms with van der Waals surface area (Å²) < 4.78 is 0. The number of fused-ring (bicyclic) bond motifs is 5. The molecule has 0 saturated heterocycles. The fourth-order valence-corrected chi connectivity index (χ4v) is 6.68. The largest absolute Gasteiger partial charge is 0.393 e. The maximum absolute atomic E-state index is 12.9. The molecule has 4 saturated carbocycles. The monoisotopic (exact) mass is 304 g/mol. The topological polar surface area (TPSA) is 54.4 Å². The summed E-state index contributed by atoms with van der Waals surface area (Å²) >= 11 is 0. The Morgan fingerprint density at radius 3 is 2.59 bits per heavy atom. The molecule has 122 valence electrons. The van der Waals surface area contributed by atoms with Crippen molar-refractivity contribution in [3.8, 4) is 0 Å². The molecular weight excluding hydrogens is 276 g/mol. The van der Waals surface area contributed by atoms with Crippen LogP contribution in [0.5, 0.6) is 0 Å². The molecule has 4 fully saturated rings. The van der Waals surface area contributed by atoms with Crippen molar-refractivity contribution in [1.82, 2.24) is 0 Å². The highest BCUT2D eigenvalue weighted by atomic mass is 16.3. The van der Waals surface area contributed by atoms with Gasteiger partial charge in [0.15, 0.2) is 0 Å². The first-order valence-corrected chi connectivity index (χ1v) is 9.10. The Morgan fingerprint density at radius 2 is 1.82 bits per heavy atom. The number of carbonyl (C=O) groups is 2. The number of hydrogen-bond acceptors (Lipinski definition) is 3. The third kappa shape index (κ3) is 1.78. The highest BCUT2D eigenvalue weighted by molar-refractivity contribution is 5.90. The molecule has 0 radical (unpaired) electrons. The van der Waals surface area contributed by atoms with E-state index in [0.717, 1.165) is 38.5 Å². The Kier molecular flexibility index (Phi) is 3.15. The van der Waals surface area contributed by atoms with Gasteiger partial charge in [-0.3, -0.25) is 9.59 Å². The zero-order valence-electron chi connectivity index (χ0n) is 13.8. The van der Waals surface area contributed by atoms with E-state index in [2.05, 4.69) is 13.8 Å². The highest BCUT2D eigenvalue weighted by Crippen LogP contribution is 2.64. The quantitative estimate of drug-likeness (QED) is 0.748. The molecule has 0 spiro atoms. The molecule has 7 atom stereocenters. The van der Waals surface area contributed by atoms with E-state index in [-0.39, 0.29) is 28.8 Å². The van der Waals surface area contributed by atoms with Crippen molar-refractivity contribution in [2.75, 3.05) is 0 Å². The second kappa shape index (κ2) is 4.66. The third-order valence-electron chi connectivity index (χ3n) is 8.15. The molecule has 4 aliphatic carbocycles. The molecule has 0 bridgehead atoms. The van der Waals surface area contributed by atoms with Crippen LogP contribution in [0.4, 0.5) is 0 Å². The van der Waals surface area contributed by atoms with Crippen LogP contribution in [0.3, 0.4) is 0 Å². The van der Waals surface area contributed by atoms with Gasteiger partial charge in [0.05, 0.1) is 6.10 Å². The lowest BCUT2D eigenvalue weighted by Gasteiger charge is -2.59. The minimum atomic E-state index is -0.228. The predicted octanol–water partition coefficient (Wildman–Crippen LogP) is 3.14. The van der Waals surface area contributed by atoms with Gasteiger partial charge in [-0.1, -0.05) is 13.8 Å². The average molecular weight is 304 g/mol. The average Bonchev–Trinajstić information content (AvgIpc) is 2.77. The number of carbonyl (C=O) groups excluding carboxylic acids is 2. The number of Topliss-reactive ketones (excluding diaryl/α,β-unsaturated/α-hetero) is 2. The lowest BCUT2D eigenvalue weighted by molar-refractivity contribution is -0.160. The van der Waals surface area contributed by atoms with E-state index < -0.39 is 0 Å². The van der Waals surface area contributed by atoms with E-state index in [0.29, 0.717) is 36.2 Å². The summed E-state index contributed by atoms with van der Waals surface area (Å²) in [4.78, 5) is 25.3. The number of rotatable bonds is 0. The minimum Gasteiger partial charge on any atom is -0.393 e. The smallest absolute Gasteiger partial charge is 0.139 e. The Hall–Kier alpha value is -0.700. The van der Waals surface area contributed by atoms with E-state index in [1.807, 2.05) is 0 Å². The summed E-state index contributed by atoms with van der Waals surface area (Å²) in [6, 6.07) is 0. The summed E-state index contributed by atoms with van der Waals surface area (Å²) in [5.41, 5.74) is -0.0288. The normalized spacial score (nSPS) is 54.6. The molecule has 3 nitrogen and oxygen atoms in total. The van der Waals surface area contributed by atoms with Crippen molar-refractivity contribution in [1.29, 1.82) is 0 Å². The molecule has 4 rings (SSSR count). The lowest BCUT2D eigenvalue weighted by atomic mass is 9.45. The SMILES string of the molecule is C[C@]12CCC3C(C(=O)C[C@H]4C[C@H](O)CC[C@]34C)C1CCC2=O. The predicted molar refractivity (Wildman–Crippen MR) is 83.1 cm³/mol. The number of aliphatic hydroxyl groups excluding tert-OH is 1. The maximum Gasteiger partial charge on any atom is 0.139 e. The first kappa shape index (κ1) is 14.9. The van der Waals surface area contributed by atoms with Gasteiger partial charge in [0.25, 0.3) is 0 Å². The third-order valence-corrected chi connectivity index (χ3v) is 8.15. The van der Waals surface area contributed by atoms with Crippen molar-refractivity contribution < 1.29 is 14.7 Å². The van der Waals surface area contributed by atoms with E-state index in [1.165, 1.54) is 0 Å². The van der Waals surface area contributed by atoms with Crippen LogP contribution < -0.4 is 0 Å². The lowest BCUT2D eigenvalue weighted by Crippen LogP contribution is -2.57. The first-order valence-electron chi connectivity index (χ1n) is 9.10. The molecule has 0 heterocycles. The summed E-state index contributed by atoms with van der Waals surface area (Å²) in [6.07, 6.45) is 6.73. The number of ketones is 2. The van der Waals surface area contributed by atoms with Crippen LogP contribution in [0.25, 0.3) is 0 Å². The van der Waals surface area contributed by atoms with Gasteiger partial charge in [-0.05, 0) is 61.7 Å². The van der Waals surface area contributed by atoms with Gasteiger partial charge in [-0.2, -0.15) is 0 Å². The standard InChI is InChI=1S/C19H28O3/c1-18-7-5-12(20)9-11(18)10-15(21)17-13-3-4-16(22)19(13,2)8-6-14(17)18/h11-14,17,20H,3-10H2,1-2H3/t11-,12-,13?,14?,17?,18+,19+/m1/s1. The molecule has 0 amide bonds. The summed E-state index contributed by atoms with van der Waals surface area (Å²) in [6.45, 7) is 4.49. The molecule has 3 unspecified atom stereocenters. The van der Waals surface area contributed by atoms with E-state index >= 15 is 0 Å². The van der Waals surface area contributed by atoms with Gasteiger partial charge in [0.2, 0.25) is 0 Å². The van der Waals surface area contributed by atoms with Gasteiger partial charge in [-0.15, -0.1) is 0 Å². The van der Waals surface area contributed by atoms with Crippen LogP contribution in [-0.2, 0) is 9.59 Å². The Labute approximate surface area is 132 Å². The number of aliphatic hydroxyl groups is 1. The molecule has 3 heteroatoms. The van der Waals surface area contributed by atoms with E-state index in [1.54, 1.807) is 0 Å². The van der Waals surface area contributed by atoms with Crippen LogP contribution in [0.1, 0.15) is 65.2 Å². The molecule has 0 aliphatic heterocycles. The first-order chi connectivity index (χ1) is 10.4. The zero-order chi connectivity index (χ0) is 15.7. The Bertz CT molecular complexity index is 527. The van der Waals surface area contributed by atoms with Gasteiger partial charge < -0.3 is 5.11 Å². The van der Waals surface area contributed by atoms with Crippen LogP contribution in [-0.4, -0.2) is 22.8 Å².